The van der Waals surface area contributed by atoms with Crippen molar-refractivity contribution in [2.45, 2.75) is 13.3 Å². The van der Waals surface area contributed by atoms with Gasteiger partial charge < -0.3 is 5.11 Å². The van der Waals surface area contributed by atoms with Gasteiger partial charge in [-0.25, -0.2) is 8.78 Å². The number of halogens is 2. The molecule has 70 valence electrons. The van der Waals surface area contributed by atoms with E-state index in [-0.39, 0.29) is 5.56 Å². The van der Waals surface area contributed by atoms with E-state index in [4.69, 9.17) is 5.11 Å². The van der Waals surface area contributed by atoms with Gasteiger partial charge in [0.2, 0.25) is 0 Å². The molecule has 13 heavy (non-hydrogen) atoms. The van der Waals surface area contributed by atoms with Crippen molar-refractivity contribution in [2.24, 2.45) is 0 Å². The van der Waals surface area contributed by atoms with E-state index in [1.165, 1.54) is 6.92 Å². The molecule has 1 rings (SSSR count). The molecule has 1 aromatic carbocycles. The Morgan fingerprint density at radius 2 is 2.08 bits per heavy atom. The third-order valence-electron chi connectivity index (χ3n) is 1.71. The molecule has 0 aromatic heterocycles. The normalized spacial score (nSPS) is 10.1. The maximum absolute atomic E-state index is 13.0. The molecule has 0 aliphatic rings. The van der Waals surface area contributed by atoms with E-state index >= 15 is 0 Å². The molecule has 0 saturated carbocycles. The number of carboxylic acid groups (broad SMARTS) is 1. The highest BCUT2D eigenvalue weighted by Crippen LogP contribution is 2.15. The van der Waals surface area contributed by atoms with Crippen LogP contribution in [-0.2, 0) is 11.2 Å². The first-order chi connectivity index (χ1) is 6.00. The molecule has 0 unspecified atom stereocenters. The van der Waals surface area contributed by atoms with Crippen molar-refractivity contribution in [3.05, 3.63) is 34.9 Å². The minimum absolute atomic E-state index is 0.0360. The van der Waals surface area contributed by atoms with E-state index < -0.39 is 24.0 Å². The number of hydrogen-bond donors (Lipinski definition) is 1. The number of carboxylic acids is 1. The first-order valence-corrected chi connectivity index (χ1v) is 3.67. The van der Waals surface area contributed by atoms with Crippen LogP contribution in [0.4, 0.5) is 8.78 Å². The Morgan fingerprint density at radius 3 is 2.54 bits per heavy atom. The monoisotopic (exact) mass is 186 g/mol. The van der Waals surface area contributed by atoms with Gasteiger partial charge in [0.05, 0.1) is 6.42 Å². The predicted octanol–water partition coefficient (Wildman–Crippen LogP) is 1.90. The maximum Gasteiger partial charge on any atom is 0.307 e. The van der Waals surface area contributed by atoms with Gasteiger partial charge in [0, 0.05) is 11.6 Å². The largest absolute Gasteiger partial charge is 0.481 e. The minimum atomic E-state index is -1.13. The highest BCUT2D eigenvalue weighted by Gasteiger charge is 2.11. The van der Waals surface area contributed by atoms with Crippen LogP contribution >= 0.6 is 0 Å². The van der Waals surface area contributed by atoms with Crippen LogP contribution in [0.3, 0.4) is 0 Å². The van der Waals surface area contributed by atoms with Crippen LogP contribution < -0.4 is 0 Å². The van der Waals surface area contributed by atoms with Crippen molar-refractivity contribution in [3.8, 4) is 0 Å². The third-order valence-corrected chi connectivity index (χ3v) is 1.71. The van der Waals surface area contributed by atoms with Crippen LogP contribution in [0.2, 0.25) is 0 Å². The Balaban J connectivity index is 3.13. The van der Waals surface area contributed by atoms with Gasteiger partial charge in [-0.1, -0.05) is 0 Å². The molecule has 4 heteroatoms. The molecule has 0 amide bonds. The summed E-state index contributed by atoms with van der Waals surface area (Å²) in [6, 6.07) is 1.80. The lowest BCUT2D eigenvalue weighted by molar-refractivity contribution is -0.136. The van der Waals surface area contributed by atoms with Crippen molar-refractivity contribution >= 4 is 5.97 Å². The summed E-state index contributed by atoms with van der Waals surface area (Å²) < 4.78 is 25.5. The molecule has 0 radical (unpaired) electrons. The Bertz CT molecular complexity index is 324. The zero-order valence-corrected chi connectivity index (χ0v) is 6.97. The second-order valence-electron chi connectivity index (χ2n) is 2.75. The number of aryl methyl sites for hydroxylation is 1. The van der Waals surface area contributed by atoms with Gasteiger partial charge in [0.1, 0.15) is 11.6 Å². The Kier molecular flexibility index (Phi) is 2.60. The molecule has 0 aliphatic carbocycles. The molecule has 0 heterocycles. The number of rotatable bonds is 2. The van der Waals surface area contributed by atoms with Crippen LogP contribution in [-0.4, -0.2) is 11.1 Å². The zero-order valence-electron chi connectivity index (χ0n) is 6.97. The number of carbonyl (C=O) groups is 1. The smallest absolute Gasteiger partial charge is 0.307 e. The molecule has 0 spiro atoms. The topological polar surface area (TPSA) is 37.3 Å². The van der Waals surface area contributed by atoms with Crippen LogP contribution in [0.25, 0.3) is 0 Å². The Hall–Kier alpha value is -1.45. The third kappa shape index (κ3) is 2.24. The molecule has 2 nitrogen and oxygen atoms in total. The SMILES string of the molecule is Cc1cc(F)cc(F)c1CC(=O)O. The van der Waals surface area contributed by atoms with E-state index in [2.05, 4.69) is 0 Å². The molecule has 0 fully saturated rings. The van der Waals surface area contributed by atoms with Crippen LogP contribution in [0.1, 0.15) is 11.1 Å². The molecule has 0 bridgehead atoms. The Morgan fingerprint density at radius 1 is 1.46 bits per heavy atom. The molecule has 0 atom stereocenters. The highest BCUT2D eigenvalue weighted by atomic mass is 19.1. The number of hydrogen-bond acceptors (Lipinski definition) is 1. The molecular weight excluding hydrogens is 178 g/mol. The fraction of sp³-hybridized carbons (Fsp3) is 0.222. The standard InChI is InChI=1S/C9H8F2O2/c1-5-2-6(10)3-8(11)7(5)4-9(12)13/h2-3H,4H2,1H3,(H,12,13). The summed E-state index contributed by atoms with van der Waals surface area (Å²) in [5.74, 6) is -2.63. The summed E-state index contributed by atoms with van der Waals surface area (Å²) >= 11 is 0. The molecule has 1 aromatic rings. The average molecular weight is 186 g/mol. The zero-order chi connectivity index (χ0) is 10.0. The van der Waals surface area contributed by atoms with Crippen LogP contribution in [0, 0.1) is 18.6 Å². The van der Waals surface area contributed by atoms with E-state index in [1.54, 1.807) is 0 Å². The molecule has 0 saturated heterocycles. The predicted molar refractivity (Wildman–Crippen MR) is 42.4 cm³/mol. The van der Waals surface area contributed by atoms with Gasteiger partial charge in [-0.3, -0.25) is 4.79 Å². The van der Waals surface area contributed by atoms with Gasteiger partial charge in [0.25, 0.3) is 0 Å². The molecule has 1 N–H and O–H groups in total. The average Bonchev–Trinajstić information content (AvgIpc) is 1.96. The van der Waals surface area contributed by atoms with E-state index in [0.717, 1.165) is 6.07 Å². The summed E-state index contributed by atoms with van der Waals surface area (Å²) in [7, 11) is 0. The fourth-order valence-corrected chi connectivity index (χ4v) is 1.11. The van der Waals surface area contributed by atoms with Gasteiger partial charge >= 0.3 is 5.97 Å². The Labute approximate surface area is 73.8 Å². The van der Waals surface area contributed by atoms with Gasteiger partial charge in [0.15, 0.2) is 0 Å². The second kappa shape index (κ2) is 3.51. The van der Waals surface area contributed by atoms with E-state index in [1.807, 2.05) is 0 Å². The van der Waals surface area contributed by atoms with Crippen LogP contribution in [0.15, 0.2) is 12.1 Å². The number of aliphatic carboxylic acids is 1. The van der Waals surface area contributed by atoms with Gasteiger partial charge in [-0.05, 0) is 18.6 Å². The first-order valence-electron chi connectivity index (χ1n) is 3.67. The van der Waals surface area contributed by atoms with E-state index in [9.17, 15) is 13.6 Å². The van der Waals surface area contributed by atoms with Crippen LogP contribution in [0.5, 0.6) is 0 Å². The quantitative estimate of drug-likeness (QED) is 0.765. The molecular formula is C9H8F2O2. The van der Waals surface area contributed by atoms with Crippen molar-refractivity contribution in [2.75, 3.05) is 0 Å². The summed E-state index contributed by atoms with van der Waals surface area (Å²) in [6.07, 6.45) is -0.419. The summed E-state index contributed by atoms with van der Waals surface area (Å²) in [5.41, 5.74) is 0.355. The first kappa shape index (κ1) is 9.64. The van der Waals surface area contributed by atoms with Crippen molar-refractivity contribution in [3.63, 3.8) is 0 Å². The van der Waals surface area contributed by atoms with Crippen molar-refractivity contribution < 1.29 is 18.7 Å². The second-order valence-corrected chi connectivity index (χ2v) is 2.75. The van der Waals surface area contributed by atoms with Gasteiger partial charge in [-0.2, -0.15) is 0 Å². The van der Waals surface area contributed by atoms with Gasteiger partial charge in [-0.15, -0.1) is 0 Å². The van der Waals surface area contributed by atoms with E-state index in [0.29, 0.717) is 11.6 Å². The molecule has 0 aliphatic heterocycles. The van der Waals surface area contributed by atoms with Crippen molar-refractivity contribution in [1.82, 2.24) is 0 Å². The lowest BCUT2D eigenvalue weighted by Crippen LogP contribution is -2.05. The summed E-state index contributed by atoms with van der Waals surface area (Å²) in [4.78, 5) is 10.3. The lowest BCUT2D eigenvalue weighted by atomic mass is 10.1. The highest BCUT2D eigenvalue weighted by molar-refractivity contribution is 5.70. The summed E-state index contributed by atoms with van der Waals surface area (Å²) in [6.45, 7) is 1.48. The minimum Gasteiger partial charge on any atom is -0.481 e. The summed E-state index contributed by atoms with van der Waals surface area (Å²) in [5, 5.41) is 8.42. The van der Waals surface area contributed by atoms with Crippen molar-refractivity contribution in [1.29, 1.82) is 0 Å². The lowest BCUT2D eigenvalue weighted by Gasteiger charge is -2.04. The fourth-order valence-electron chi connectivity index (χ4n) is 1.11. The maximum atomic E-state index is 13.0. The number of benzene rings is 1.